The number of furan rings is 1. The molecule has 3 aromatic heterocycles. The van der Waals surface area contributed by atoms with Gasteiger partial charge in [-0.05, 0) is 17.5 Å². The fourth-order valence-electron chi connectivity index (χ4n) is 3.72. The number of hydrogen-bond donors (Lipinski definition) is 0. The lowest BCUT2D eigenvalue weighted by atomic mass is 10.1. The predicted octanol–water partition coefficient (Wildman–Crippen LogP) is 5.74. The van der Waals surface area contributed by atoms with Crippen LogP contribution in [-0.4, -0.2) is 15.0 Å². The molecule has 0 aliphatic rings. The maximum atomic E-state index is 5.98. The average molecular weight is 347 g/mol. The molecule has 4 heteroatoms. The minimum absolute atomic E-state index is 0.607. The molecule has 0 saturated heterocycles. The van der Waals surface area contributed by atoms with Gasteiger partial charge in [0, 0.05) is 28.6 Å². The summed E-state index contributed by atoms with van der Waals surface area (Å²) in [4.78, 5) is 14.1. The molecule has 27 heavy (non-hydrogen) atoms. The van der Waals surface area contributed by atoms with Crippen molar-refractivity contribution < 1.29 is 4.42 Å². The molecule has 0 aliphatic heterocycles. The highest BCUT2D eigenvalue weighted by atomic mass is 16.3. The lowest BCUT2D eigenvalue weighted by Gasteiger charge is -2.06. The zero-order valence-electron chi connectivity index (χ0n) is 14.3. The third kappa shape index (κ3) is 2.07. The topological polar surface area (TPSA) is 51.8 Å². The van der Waals surface area contributed by atoms with Gasteiger partial charge in [0.15, 0.2) is 5.82 Å². The molecule has 6 rings (SSSR count). The summed E-state index contributed by atoms with van der Waals surface area (Å²) < 4.78 is 5.98. The van der Waals surface area contributed by atoms with E-state index < -0.39 is 0 Å². The lowest BCUT2D eigenvalue weighted by molar-refractivity contribution is 0.668. The van der Waals surface area contributed by atoms with E-state index in [2.05, 4.69) is 34.2 Å². The second-order valence-corrected chi connectivity index (χ2v) is 6.55. The number of fused-ring (bicyclic) bond motifs is 6. The van der Waals surface area contributed by atoms with Crippen molar-refractivity contribution in [2.75, 3.05) is 0 Å². The highest BCUT2D eigenvalue weighted by Gasteiger charge is 2.16. The van der Waals surface area contributed by atoms with Crippen molar-refractivity contribution in [3.05, 3.63) is 79.1 Å². The van der Waals surface area contributed by atoms with E-state index in [0.29, 0.717) is 5.82 Å². The van der Waals surface area contributed by atoms with Gasteiger partial charge in [0.25, 0.3) is 0 Å². The fraction of sp³-hybridized carbons (Fsp3) is 0. The van der Waals surface area contributed by atoms with E-state index in [1.807, 2.05) is 48.7 Å². The molecule has 0 bridgehead atoms. The predicted molar refractivity (Wildman–Crippen MR) is 108 cm³/mol. The first-order chi connectivity index (χ1) is 13.4. The largest absolute Gasteiger partial charge is 0.456 e. The molecule has 4 nitrogen and oxygen atoms in total. The SMILES string of the molecule is c1ccc2c(c1)ccc1cnc(-c3nccc4oc5ccccc5c34)nc12. The van der Waals surface area contributed by atoms with Crippen molar-refractivity contribution in [1.82, 2.24) is 15.0 Å². The Hall–Kier alpha value is -3.79. The summed E-state index contributed by atoms with van der Waals surface area (Å²) in [5.41, 5.74) is 3.31. The number of hydrogen-bond acceptors (Lipinski definition) is 4. The van der Waals surface area contributed by atoms with Crippen LogP contribution in [0, 0.1) is 0 Å². The van der Waals surface area contributed by atoms with Crippen LogP contribution < -0.4 is 0 Å². The number of nitrogens with zero attached hydrogens (tertiary/aromatic N) is 3. The highest BCUT2D eigenvalue weighted by Crippen LogP contribution is 2.34. The Morgan fingerprint density at radius 1 is 0.667 bits per heavy atom. The van der Waals surface area contributed by atoms with Gasteiger partial charge in [0.2, 0.25) is 0 Å². The van der Waals surface area contributed by atoms with Gasteiger partial charge in [-0.15, -0.1) is 0 Å². The monoisotopic (exact) mass is 347 g/mol. The van der Waals surface area contributed by atoms with Gasteiger partial charge in [-0.3, -0.25) is 4.98 Å². The number of para-hydroxylation sites is 1. The first-order valence-corrected chi connectivity index (χ1v) is 8.80. The van der Waals surface area contributed by atoms with E-state index in [-0.39, 0.29) is 0 Å². The van der Waals surface area contributed by atoms with Gasteiger partial charge in [-0.2, -0.15) is 0 Å². The van der Waals surface area contributed by atoms with Crippen molar-refractivity contribution in [1.29, 1.82) is 0 Å². The Morgan fingerprint density at radius 3 is 2.44 bits per heavy atom. The van der Waals surface area contributed by atoms with Crippen LogP contribution in [-0.2, 0) is 0 Å². The normalized spacial score (nSPS) is 11.7. The average Bonchev–Trinajstić information content (AvgIpc) is 3.12. The maximum Gasteiger partial charge on any atom is 0.179 e. The van der Waals surface area contributed by atoms with Crippen molar-refractivity contribution in [2.24, 2.45) is 0 Å². The molecule has 126 valence electrons. The Kier molecular flexibility index (Phi) is 2.85. The van der Waals surface area contributed by atoms with E-state index in [4.69, 9.17) is 9.40 Å². The summed E-state index contributed by atoms with van der Waals surface area (Å²) in [5, 5.41) is 5.27. The van der Waals surface area contributed by atoms with Gasteiger partial charge >= 0.3 is 0 Å². The van der Waals surface area contributed by atoms with Crippen LogP contribution in [0.15, 0.2) is 83.5 Å². The number of pyridine rings is 1. The molecular weight excluding hydrogens is 334 g/mol. The molecule has 0 spiro atoms. The highest BCUT2D eigenvalue weighted by molar-refractivity contribution is 6.11. The second kappa shape index (κ2) is 5.35. The van der Waals surface area contributed by atoms with E-state index in [1.54, 1.807) is 6.20 Å². The first kappa shape index (κ1) is 14.4. The summed E-state index contributed by atoms with van der Waals surface area (Å²) in [6.07, 6.45) is 3.61. The number of benzene rings is 3. The summed E-state index contributed by atoms with van der Waals surface area (Å²) >= 11 is 0. The third-order valence-corrected chi connectivity index (χ3v) is 4.98. The third-order valence-electron chi connectivity index (χ3n) is 4.98. The molecule has 0 aliphatic carbocycles. The molecule has 3 aromatic carbocycles. The maximum absolute atomic E-state index is 5.98. The van der Waals surface area contributed by atoms with Gasteiger partial charge in [0.1, 0.15) is 16.9 Å². The minimum atomic E-state index is 0.607. The Morgan fingerprint density at radius 2 is 1.48 bits per heavy atom. The zero-order chi connectivity index (χ0) is 17.8. The summed E-state index contributed by atoms with van der Waals surface area (Å²) in [5.74, 6) is 0.607. The second-order valence-electron chi connectivity index (χ2n) is 6.55. The minimum Gasteiger partial charge on any atom is -0.456 e. The molecule has 0 atom stereocenters. The van der Waals surface area contributed by atoms with Crippen LogP contribution >= 0.6 is 0 Å². The quantitative estimate of drug-likeness (QED) is 0.356. The molecule has 0 fully saturated rings. The smallest absolute Gasteiger partial charge is 0.179 e. The van der Waals surface area contributed by atoms with Crippen LogP contribution in [0.2, 0.25) is 0 Å². The van der Waals surface area contributed by atoms with E-state index in [1.165, 1.54) is 0 Å². The zero-order valence-corrected chi connectivity index (χ0v) is 14.3. The molecule has 0 radical (unpaired) electrons. The summed E-state index contributed by atoms with van der Waals surface area (Å²) in [6, 6.07) is 22.3. The van der Waals surface area contributed by atoms with Crippen LogP contribution in [0.25, 0.3) is 55.1 Å². The van der Waals surface area contributed by atoms with E-state index >= 15 is 0 Å². The van der Waals surface area contributed by atoms with Gasteiger partial charge in [-0.25, -0.2) is 9.97 Å². The molecule has 3 heterocycles. The molecule has 0 amide bonds. The van der Waals surface area contributed by atoms with Crippen LogP contribution in [0.3, 0.4) is 0 Å². The van der Waals surface area contributed by atoms with Gasteiger partial charge in [-0.1, -0.05) is 54.6 Å². The molecule has 0 unspecified atom stereocenters. The molecular formula is C23H13N3O. The Bertz CT molecular complexity index is 1480. The molecule has 6 aromatic rings. The standard InChI is InChI=1S/C23H13N3O/c1-2-6-16-14(5-1)9-10-15-13-25-23(26-21(15)16)22-20-17-7-3-4-8-18(17)27-19(20)11-12-24-22/h1-13H. The molecule has 0 saturated carbocycles. The van der Waals surface area contributed by atoms with Crippen molar-refractivity contribution >= 4 is 43.6 Å². The van der Waals surface area contributed by atoms with Gasteiger partial charge < -0.3 is 4.42 Å². The van der Waals surface area contributed by atoms with Crippen LogP contribution in [0.4, 0.5) is 0 Å². The Balaban J connectivity index is 1.72. The van der Waals surface area contributed by atoms with E-state index in [9.17, 15) is 0 Å². The van der Waals surface area contributed by atoms with Crippen molar-refractivity contribution in [2.45, 2.75) is 0 Å². The number of rotatable bonds is 1. The lowest BCUT2D eigenvalue weighted by Crippen LogP contribution is -1.93. The summed E-state index contributed by atoms with van der Waals surface area (Å²) in [7, 11) is 0. The van der Waals surface area contributed by atoms with Gasteiger partial charge in [0.05, 0.1) is 10.9 Å². The van der Waals surface area contributed by atoms with Crippen LogP contribution in [0.1, 0.15) is 0 Å². The van der Waals surface area contributed by atoms with E-state index in [0.717, 1.165) is 49.3 Å². The van der Waals surface area contributed by atoms with Crippen molar-refractivity contribution in [3.63, 3.8) is 0 Å². The first-order valence-electron chi connectivity index (χ1n) is 8.80. The fourth-order valence-corrected chi connectivity index (χ4v) is 3.72. The van der Waals surface area contributed by atoms with Crippen molar-refractivity contribution in [3.8, 4) is 11.5 Å². The number of aromatic nitrogens is 3. The van der Waals surface area contributed by atoms with Crippen LogP contribution in [0.5, 0.6) is 0 Å². The summed E-state index contributed by atoms with van der Waals surface area (Å²) in [6.45, 7) is 0. The Labute approximate surface area is 154 Å². The molecule has 0 N–H and O–H groups in total.